The lowest BCUT2D eigenvalue weighted by molar-refractivity contribution is -0.119. The maximum absolute atomic E-state index is 12.1. The molecule has 24 heavy (non-hydrogen) atoms. The summed E-state index contributed by atoms with van der Waals surface area (Å²) < 4.78 is 2.20. The van der Waals surface area contributed by atoms with Crippen LogP contribution in [0.1, 0.15) is 70.5 Å². The number of amides is 1. The second-order valence-electron chi connectivity index (χ2n) is 7.19. The normalized spacial score (nSPS) is 19.7. The first-order valence-electron chi connectivity index (χ1n) is 9.60. The van der Waals surface area contributed by atoms with Gasteiger partial charge in [-0.05, 0) is 25.7 Å². The highest BCUT2D eigenvalue weighted by Gasteiger charge is 2.20. The molecule has 0 unspecified atom stereocenters. The summed E-state index contributed by atoms with van der Waals surface area (Å²) in [5.74, 6) is 2.43. The van der Waals surface area contributed by atoms with Crippen molar-refractivity contribution in [1.82, 2.24) is 20.1 Å². The van der Waals surface area contributed by atoms with E-state index in [2.05, 4.69) is 27.0 Å². The molecule has 1 aromatic rings. The quantitative estimate of drug-likeness (QED) is 0.764. The molecule has 2 saturated carbocycles. The lowest BCUT2D eigenvalue weighted by Gasteiger charge is -2.21. The number of rotatable bonds is 7. The standard InChI is InChI=1S/C18H30N4OS/c1-2-22-16(12-14-8-4-3-5-9-14)20-21-18(22)24-13-17(23)19-15-10-6-7-11-15/h14-15H,2-13H2,1H3,(H,19,23). The molecule has 0 radical (unpaired) electrons. The van der Waals surface area contributed by atoms with Crippen LogP contribution in [0.25, 0.3) is 0 Å². The van der Waals surface area contributed by atoms with E-state index in [9.17, 15) is 4.79 Å². The van der Waals surface area contributed by atoms with Gasteiger partial charge in [0, 0.05) is 19.0 Å². The van der Waals surface area contributed by atoms with Gasteiger partial charge in [0.25, 0.3) is 0 Å². The van der Waals surface area contributed by atoms with Gasteiger partial charge < -0.3 is 9.88 Å². The molecule has 0 spiro atoms. The molecule has 5 nitrogen and oxygen atoms in total. The van der Waals surface area contributed by atoms with Crippen molar-refractivity contribution in [3.05, 3.63) is 5.82 Å². The van der Waals surface area contributed by atoms with Gasteiger partial charge in [-0.1, -0.05) is 56.7 Å². The second-order valence-corrected chi connectivity index (χ2v) is 8.13. The highest BCUT2D eigenvalue weighted by molar-refractivity contribution is 7.99. The molecule has 0 aliphatic heterocycles. The van der Waals surface area contributed by atoms with Gasteiger partial charge in [0.1, 0.15) is 5.82 Å². The van der Waals surface area contributed by atoms with Gasteiger partial charge in [-0.25, -0.2) is 0 Å². The molecule has 3 rings (SSSR count). The third-order valence-electron chi connectivity index (χ3n) is 5.36. The van der Waals surface area contributed by atoms with Gasteiger partial charge in [0.2, 0.25) is 5.91 Å². The van der Waals surface area contributed by atoms with E-state index in [4.69, 9.17) is 0 Å². The van der Waals surface area contributed by atoms with Crippen LogP contribution in [-0.4, -0.2) is 32.5 Å². The first-order valence-corrected chi connectivity index (χ1v) is 10.6. The summed E-state index contributed by atoms with van der Waals surface area (Å²) in [5, 5.41) is 12.8. The van der Waals surface area contributed by atoms with E-state index < -0.39 is 0 Å². The molecule has 0 atom stereocenters. The summed E-state index contributed by atoms with van der Waals surface area (Å²) >= 11 is 1.52. The third kappa shape index (κ3) is 4.74. The van der Waals surface area contributed by atoms with Crippen LogP contribution in [0.2, 0.25) is 0 Å². The molecule has 134 valence electrons. The highest BCUT2D eigenvalue weighted by Crippen LogP contribution is 2.27. The van der Waals surface area contributed by atoms with Crippen LogP contribution >= 0.6 is 11.8 Å². The number of carbonyl (C=O) groups is 1. The van der Waals surface area contributed by atoms with Crippen molar-refractivity contribution in [1.29, 1.82) is 0 Å². The molecule has 6 heteroatoms. The Morgan fingerprint density at radius 2 is 1.83 bits per heavy atom. The van der Waals surface area contributed by atoms with Crippen molar-refractivity contribution < 1.29 is 4.79 Å². The molecule has 0 saturated heterocycles. The van der Waals surface area contributed by atoms with Crippen molar-refractivity contribution in [3.63, 3.8) is 0 Å². The summed E-state index contributed by atoms with van der Waals surface area (Å²) in [6.45, 7) is 3.01. The molecular weight excluding hydrogens is 320 g/mol. The predicted octanol–water partition coefficient (Wildman–Crippen LogP) is 3.57. The van der Waals surface area contributed by atoms with Gasteiger partial charge in [0.15, 0.2) is 5.16 Å². The smallest absolute Gasteiger partial charge is 0.230 e. The molecule has 1 heterocycles. The van der Waals surface area contributed by atoms with Gasteiger partial charge in [-0.15, -0.1) is 10.2 Å². The fourth-order valence-electron chi connectivity index (χ4n) is 4.01. The maximum atomic E-state index is 12.1. The highest BCUT2D eigenvalue weighted by atomic mass is 32.2. The minimum absolute atomic E-state index is 0.131. The van der Waals surface area contributed by atoms with Crippen LogP contribution < -0.4 is 5.32 Å². The molecule has 0 aromatic carbocycles. The summed E-state index contributed by atoms with van der Waals surface area (Å²) in [4.78, 5) is 12.1. The molecule has 1 aromatic heterocycles. The molecule has 0 bridgehead atoms. The summed E-state index contributed by atoms with van der Waals surface area (Å²) in [6, 6.07) is 0.393. The minimum atomic E-state index is 0.131. The van der Waals surface area contributed by atoms with Crippen molar-refractivity contribution in [2.45, 2.75) is 88.9 Å². The number of hydrogen-bond donors (Lipinski definition) is 1. The van der Waals surface area contributed by atoms with Crippen LogP contribution in [0.4, 0.5) is 0 Å². The molecule has 2 aliphatic carbocycles. The van der Waals surface area contributed by atoms with Crippen molar-refractivity contribution in [2.75, 3.05) is 5.75 Å². The Labute approximate surface area is 149 Å². The minimum Gasteiger partial charge on any atom is -0.353 e. The average Bonchev–Trinajstić information content (AvgIpc) is 3.23. The van der Waals surface area contributed by atoms with Crippen LogP contribution in [0, 0.1) is 5.92 Å². The van der Waals surface area contributed by atoms with Gasteiger partial charge in [0.05, 0.1) is 5.75 Å². The Bertz CT molecular complexity index is 533. The zero-order valence-electron chi connectivity index (χ0n) is 14.8. The Kier molecular flexibility index (Phi) is 6.58. The fraction of sp³-hybridized carbons (Fsp3) is 0.833. The zero-order chi connectivity index (χ0) is 16.8. The van der Waals surface area contributed by atoms with Crippen LogP contribution in [-0.2, 0) is 17.8 Å². The summed E-state index contributed by atoms with van der Waals surface area (Å²) in [6.07, 6.45) is 12.5. The Balaban J connectivity index is 1.52. The van der Waals surface area contributed by atoms with E-state index in [0.717, 1.165) is 42.7 Å². The first kappa shape index (κ1) is 17.8. The molecule has 2 fully saturated rings. The van der Waals surface area contributed by atoms with E-state index in [1.807, 2.05) is 0 Å². The lowest BCUT2D eigenvalue weighted by Crippen LogP contribution is -2.33. The number of nitrogens with one attached hydrogen (secondary N) is 1. The van der Waals surface area contributed by atoms with Crippen LogP contribution in [0.3, 0.4) is 0 Å². The predicted molar refractivity (Wildman–Crippen MR) is 97.1 cm³/mol. The van der Waals surface area contributed by atoms with Gasteiger partial charge in [-0.3, -0.25) is 4.79 Å². The SMILES string of the molecule is CCn1c(CC2CCCCC2)nnc1SCC(=O)NC1CCCC1. The average molecular weight is 351 g/mol. The maximum Gasteiger partial charge on any atom is 0.230 e. The Morgan fingerprint density at radius 1 is 1.12 bits per heavy atom. The molecule has 1 amide bonds. The first-order chi connectivity index (χ1) is 11.8. The van der Waals surface area contributed by atoms with Gasteiger partial charge >= 0.3 is 0 Å². The van der Waals surface area contributed by atoms with E-state index >= 15 is 0 Å². The topological polar surface area (TPSA) is 59.8 Å². The van der Waals surface area contributed by atoms with E-state index in [1.54, 1.807) is 0 Å². The third-order valence-corrected chi connectivity index (χ3v) is 6.33. The fourth-order valence-corrected chi connectivity index (χ4v) is 4.85. The molecule has 1 N–H and O–H groups in total. The monoisotopic (exact) mass is 350 g/mol. The summed E-state index contributed by atoms with van der Waals surface area (Å²) in [5.41, 5.74) is 0. The largest absolute Gasteiger partial charge is 0.353 e. The lowest BCUT2D eigenvalue weighted by atomic mass is 9.87. The van der Waals surface area contributed by atoms with E-state index in [-0.39, 0.29) is 5.91 Å². The van der Waals surface area contributed by atoms with Crippen LogP contribution in [0.15, 0.2) is 5.16 Å². The van der Waals surface area contributed by atoms with E-state index in [1.165, 1.54) is 56.7 Å². The molecular formula is C18H30N4OS. The summed E-state index contributed by atoms with van der Waals surface area (Å²) in [7, 11) is 0. The number of thioether (sulfide) groups is 1. The van der Waals surface area contributed by atoms with Crippen LogP contribution in [0.5, 0.6) is 0 Å². The second kappa shape index (κ2) is 8.88. The Hall–Kier alpha value is -1.04. The Morgan fingerprint density at radius 3 is 2.54 bits per heavy atom. The molecule has 2 aliphatic rings. The van der Waals surface area contributed by atoms with Crippen molar-refractivity contribution in [3.8, 4) is 0 Å². The zero-order valence-corrected chi connectivity index (χ0v) is 15.6. The number of nitrogens with zero attached hydrogens (tertiary/aromatic N) is 3. The van der Waals surface area contributed by atoms with Crippen molar-refractivity contribution in [2.24, 2.45) is 5.92 Å². The number of aromatic nitrogens is 3. The number of hydrogen-bond acceptors (Lipinski definition) is 4. The van der Waals surface area contributed by atoms with Crippen molar-refractivity contribution >= 4 is 17.7 Å². The van der Waals surface area contributed by atoms with E-state index in [0.29, 0.717) is 11.8 Å². The number of carbonyl (C=O) groups excluding carboxylic acids is 1. The van der Waals surface area contributed by atoms with Gasteiger partial charge in [-0.2, -0.15) is 0 Å².